The van der Waals surface area contributed by atoms with Crippen molar-refractivity contribution in [3.63, 3.8) is 0 Å². The second-order valence-corrected chi connectivity index (χ2v) is 4.64. The van der Waals surface area contributed by atoms with Crippen molar-refractivity contribution < 1.29 is 4.52 Å². The summed E-state index contributed by atoms with van der Waals surface area (Å²) in [4.78, 5) is 18.7. The first-order chi connectivity index (χ1) is 10.1. The Kier molecular flexibility index (Phi) is 5.26. The Bertz CT molecular complexity index is 585. The maximum Gasteiger partial charge on any atom is 0.231 e. The number of halogens is 1. The molecule has 9 heteroatoms. The van der Waals surface area contributed by atoms with Crippen molar-refractivity contribution in [1.29, 1.82) is 0 Å². The molecule has 0 bridgehead atoms. The first-order valence-corrected chi connectivity index (χ1v) is 7.19. The number of aryl methyl sites for hydroxylation is 1. The normalized spacial score (nSPS) is 10.7. The van der Waals surface area contributed by atoms with E-state index in [1.165, 1.54) is 0 Å². The van der Waals surface area contributed by atoms with E-state index >= 15 is 0 Å². The van der Waals surface area contributed by atoms with Gasteiger partial charge in [0.2, 0.25) is 23.1 Å². The number of anilines is 2. The zero-order chi connectivity index (χ0) is 15.2. The molecule has 1 N–H and O–H groups in total. The Morgan fingerprint density at radius 3 is 2.52 bits per heavy atom. The number of nitrogens with one attached hydrogen (secondary N) is 1. The van der Waals surface area contributed by atoms with Crippen LogP contribution in [0.2, 0.25) is 5.28 Å². The zero-order valence-corrected chi connectivity index (χ0v) is 13.1. The van der Waals surface area contributed by atoms with Gasteiger partial charge in [-0.05, 0) is 25.4 Å². The van der Waals surface area contributed by atoms with Gasteiger partial charge in [-0.2, -0.15) is 19.9 Å². The molecule has 0 aliphatic heterocycles. The lowest BCUT2D eigenvalue weighted by molar-refractivity contribution is 0.387. The van der Waals surface area contributed by atoms with Crippen LogP contribution in [-0.2, 0) is 6.42 Å². The highest BCUT2D eigenvalue weighted by Gasteiger charge is 2.10. The number of aromatic nitrogens is 5. The third-order valence-electron chi connectivity index (χ3n) is 2.84. The largest absolute Gasteiger partial charge is 0.354 e. The molecule has 0 aliphatic rings. The smallest absolute Gasteiger partial charge is 0.231 e. The van der Waals surface area contributed by atoms with Crippen LogP contribution in [0.15, 0.2) is 4.52 Å². The van der Waals surface area contributed by atoms with Crippen LogP contribution in [0.25, 0.3) is 0 Å². The van der Waals surface area contributed by atoms with E-state index in [4.69, 9.17) is 16.1 Å². The maximum atomic E-state index is 5.94. The molecular formula is C12H18ClN7O. The fourth-order valence-electron chi connectivity index (χ4n) is 1.80. The van der Waals surface area contributed by atoms with Gasteiger partial charge in [0.1, 0.15) is 0 Å². The van der Waals surface area contributed by atoms with Crippen LogP contribution in [0.1, 0.15) is 25.6 Å². The summed E-state index contributed by atoms with van der Waals surface area (Å²) in [6.45, 7) is 8.01. The topological polar surface area (TPSA) is 92.9 Å². The van der Waals surface area contributed by atoms with E-state index in [1.807, 2.05) is 18.7 Å². The van der Waals surface area contributed by atoms with Crippen LogP contribution in [0.3, 0.4) is 0 Å². The molecule has 0 amide bonds. The van der Waals surface area contributed by atoms with Gasteiger partial charge in [-0.1, -0.05) is 5.16 Å². The summed E-state index contributed by atoms with van der Waals surface area (Å²) in [5, 5.41) is 7.09. The van der Waals surface area contributed by atoms with Gasteiger partial charge in [0.15, 0.2) is 5.82 Å². The van der Waals surface area contributed by atoms with E-state index < -0.39 is 0 Å². The lowest BCUT2D eigenvalue weighted by Gasteiger charge is -2.18. The minimum absolute atomic E-state index is 0.171. The van der Waals surface area contributed by atoms with Crippen LogP contribution in [-0.4, -0.2) is 44.7 Å². The Morgan fingerprint density at radius 1 is 1.14 bits per heavy atom. The molecule has 0 unspecified atom stereocenters. The summed E-state index contributed by atoms with van der Waals surface area (Å²) >= 11 is 5.94. The maximum absolute atomic E-state index is 5.94. The van der Waals surface area contributed by atoms with E-state index in [0.717, 1.165) is 13.1 Å². The molecule has 2 aromatic rings. The molecular weight excluding hydrogens is 294 g/mol. The van der Waals surface area contributed by atoms with Crippen LogP contribution in [0.5, 0.6) is 0 Å². The molecule has 0 fully saturated rings. The average molecular weight is 312 g/mol. The third-order valence-corrected chi connectivity index (χ3v) is 3.01. The molecule has 0 spiro atoms. The second kappa shape index (κ2) is 7.16. The van der Waals surface area contributed by atoms with Gasteiger partial charge in [0, 0.05) is 33.0 Å². The number of hydrogen-bond acceptors (Lipinski definition) is 8. The van der Waals surface area contributed by atoms with Crippen molar-refractivity contribution >= 4 is 23.5 Å². The van der Waals surface area contributed by atoms with Crippen LogP contribution in [0.4, 0.5) is 11.9 Å². The molecule has 8 nitrogen and oxygen atoms in total. The molecule has 0 atom stereocenters. The minimum atomic E-state index is 0.171. The monoisotopic (exact) mass is 311 g/mol. The molecule has 2 heterocycles. The van der Waals surface area contributed by atoms with E-state index in [0.29, 0.717) is 36.6 Å². The predicted octanol–water partition coefficient (Wildman–Crippen LogP) is 1.72. The van der Waals surface area contributed by atoms with Gasteiger partial charge in [-0.25, -0.2) is 0 Å². The molecule has 0 radical (unpaired) electrons. The number of nitrogens with zero attached hydrogens (tertiary/aromatic N) is 6. The summed E-state index contributed by atoms with van der Waals surface area (Å²) in [6.07, 6.45) is 0.612. The number of hydrogen-bond donors (Lipinski definition) is 1. The summed E-state index contributed by atoms with van der Waals surface area (Å²) in [7, 11) is 0. The molecule has 114 valence electrons. The van der Waals surface area contributed by atoms with E-state index in [-0.39, 0.29) is 5.28 Å². The third kappa shape index (κ3) is 4.25. The summed E-state index contributed by atoms with van der Waals surface area (Å²) in [6, 6.07) is 0. The Morgan fingerprint density at radius 2 is 1.90 bits per heavy atom. The molecule has 0 saturated heterocycles. The van der Waals surface area contributed by atoms with Gasteiger partial charge in [0.05, 0.1) is 0 Å². The van der Waals surface area contributed by atoms with Crippen LogP contribution < -0.4 is 10.2 Å². The van der Waals surface area contributed by atoms with E-state index in [2.05, 4.69) is 30.4 Å². The summed E-state index contributed by atoms with van der Waals surface area (Å²) in [5.74, 6) is 2.20. The highest BCUT2D eigenvalue weighted by atomic mass is 35.5. The van der Waals surface area contributed by atoms with Crippen molar-refractivity contribution in [3.8, 4) is 0 Å². The van der Waals surface area contributed by atoms with Crippen molar-refractivity contribution in [2.24, 2.45) is 0 Å². The highest BCUT2D eigenvalue weighted by molar-refractivity contribution is 6.28. The lowest BCUT2D eigenvalue weighted by Crippen LogP contribution is -2.25. The van der Waals surface area contributed by atoms with Crippen molar-refractivity contribution in [2.75, 3.05) is 29.9 Å². The fraction of sp³-hybridized carbons (Fsp3) is 0.583. The van der Waals surface area contributed by atoms with Gasteiger partial charge >= 0.3 is 0 Å². The summed E-state index contributed by atoms with van der Waals surface area (Å²) < 4.78 is 4.91. The van der Waals surface area contributed by atoms with Gasteiger partial charge in [-0.15, -0.1) is 0 Å². The van der Waals surface area contributed by atoms with E-state index in [1.54, 1.807) is 6.92 Å². The number of rotatable bonds is 7. The molecule has 0 saturated carbocycles. The van der Waals surface area contributed by atoms with E-state index in [9.17, 15) is 0 Å². The first-order valence-electron chi connectivity index (χ1n) is 6.82. The van der Waals surface area contributed by atoms with Crippen molar-refractivity contribution in [2.45, 2.75) is 27.2 Å². The molecule has 0 aromatic carbocycles. The van der Waals surface area contributed by atoms with Gasteiger partial charge in [-0.3, -0.25) is 0 Å². The molecule has 21 heavy (non-hydrogen) atoms. The van der Waals surface area contributed by atoms with Crippen molar-refractivity contribution in [3.05, 3.63) is 17.0 Å². The zero-order valence-electron chi connectivity index (χ0n) is 12.3. The van der Waals surface area contributed by atoms with Gasteiger partial charge in [0.25, 0.3) is 0 Å². The van der Waals surface area contributed by atoms with Gasteiger partial charge < -0.3 is 14.7 Å². The quantitative estimate of drug-likeness (QED) is 0.826. The highest BCUT2D eigenvalue weighted by Crippen LogP contribution is 2.13. The Labute approximate surface area is 127 Å². The predicted molar refractivity (Wildman–Crippen MR) is 79.6 cm³/mol. The SMILES string of the molecule is CCN(CC)c1nc(Cl)nc(NCCc2noc(C)n2)n1. The molecule has 0 aliphatic carbocycles. The minimum Gasteiger partial charge on any atom is -0.354 e. The molecule has 2 rings (SSSR count). The first kappa shape index (κ1) is 15.4. The Hall–Kier alpha value is -1.96. The Balaban J connectivity index is 1.99. The molecule has 2 aromatic heterocycles. The fourth-order valence-corrected chi connectivity index (χ4v) is 1.95. The standard InChI is InChI=1S/C12H18ClN7O/c1-4-20(5-2)12-17-10(13)16-11(18-12)14-7-6-9-15-8(3)21-19-9/h4-7H2,1-3H3,(H,14,16,17,18). The van der Waals surface area contributed by atoms with Crippen LogP contribution in [0, 0.1) is 6.92 Å². The summed E-state index contributed by atoms with van der Waals surface area (Å²) in [5.41, 5.74) is 0. The lowest BCUT2D eigenvalue weighted by atomic mass is 10.4. The average Bonchev–Trinajstić information content (AvgIpc) is 2.85. The second-order valence-electron chi connectivity index (χ2n) is 4.31. The van der Waals surface area contributed by atoms with Crippen LogP contribution >= 0.6 is 11.6 Å². The van der Waals surface area contributed by atoms with Crippen molar-refractivity contribution in [1.82, 2.24) is 25.1 Å².